The van der Waals surface area contributed by atoms with Gasteiger partial charge in [0.2, 0.25) is 5.91 Å². The normalized spacial score (nSPS) is 12.1. The number of nitrogens with one attached hydrogen (secondary N) is 1. The quantitative estimate of drug-likeness (QED) is 0.758. The second-order valence-corrected chi connectivity index (χ2v) is 6.35. The second-order valence-electron chi connectivity index (χ2n) is 4.07. The van der Waals surface area contributed by atoms with Gasteiger partial charge in [0.25, 0.3) is 0 Å². The molecule has 0 fully saturated rings. The fourth-order valence-electron chi connectivity index (χ4n) is 1.55. The highest BCUT2D eigenvalue weighted by molar-refractivity contribution is 9.10. The van der Waals surface area contributed by atoms with Crippen molar-refractivity contribution < 1.29 is 9.53 Å². The summed E-state index contributed by atoms with van der Waals surface area (Å²) in [5.41, 5.74) is 6.36. The Balaban J connectivity index is 2.87. The van der Waals surface area contributed by atoms with Crippen molar-refractivity contribution in [3.63, 3.8) is 0 Å². The lowest BCUT2D eigenvalue weighted by atomic mass is 10.2. The molecular formula is C13H18BrClN2O2S. The number of halogens is 2. The minimum atomic E-state index is -0.547. The molecule has 1 rings (SSSR count). The monoisotopic (exact) mass is 380 g/mol. The van der Waals surface area contributed by atoms with E-state index in [1.165, 1.54) is 0 Å². The molecule has 1 aromatic carbocycles. The minimum Gasteiger partial charge on any atom is -0.491 e. The van der Waals surface area contributed by atoms with E-state index in [0.29, 0.717) is 34.0 Å². The summed E-state index contributed by atoms with van der Waals surface area (Å²) in [6.07, 6.45) is 2.60. The standard InChI is InChI=1S/C13H18BrClN2O2S/c1-3-19-12-9(14)6-8(15)7-11(12)17-13(18)10(16)4-5-20-2/h6-7,10H,3-5,16H2,1-2H3,(H,17,18)/t10-/m1/s1. The molecule has 1 atom stereocenters. The molecule has 0 radical (unpaired) electrons. The summed E-state index contributed by atoms with van der Waals surface area (Å²) in [4.78, 5) is 12.0. The first-order valence-corrected chi connectivity index (χ1v) is 8.73. The molecule has 0 saturated carbocycles. The zero-order chi connectivity index (χ0) is 15.1. The number of benzene rings is 1. The Morgan fingerprint density at radius 3 is 2.90 bits per heavy atom. The van der Waals surface area contributed by atoms with Crippen LogP contribution in [0, 0.1) is 0 Å². The number of anilines is 1. The molecule has 3 N–H and O–H groups in total. The fourth-order valence-corrected chi connectivity index (χ4v) is 2.96. The molecule has 0 spiro atoms. The van der Waals surface area contributed by atoms with E-state index in [1.54, 1.807) is 23.9 Å². The van der Waals surface area contributed by atoms with Crippen molar-refractivity contribution in [2.75, 3.05) is 23.9 Å². The number of rotatable bonds is 7. The van der Waals surface area contributed by atoms with Crippen molar-refractivity contribution in [1.82, 2.24) is 0 Å². The molecule has 0 bridgehead atoms. The molecule has 4 nitrogen and oxygen atoms in total. The Bertz CT molecular complexity index is 474. The third-order valence-corrected chi connectivity index (χ3v) is 3.98. The van der Waals surface area contributed by atoms with Crippen molar-refractivity contribution in [2.24, 2.45) is 5.73 Å². The number of hydrogen-bond acceptors (Lipinski definition) is 4. The molecular weight excluding hydrogens is 364 g/mol. The summed E-state index contributed by atoms with van der Waals surface area (Å²) >= 11 is 11.0. The molecule has 1 amide bonds. The Labute approximate surface area is 136 Å². The lowest BCUT2D eigenvalue weighted by Gasteiger charge is -2.16. The SMILES string of the molecule is CCOc1c(Br)cc(Cl)cc1NC(=O)[C@H](N)CCSC. The van der Waals surface area contributed by atoms with Gasteiger partial charge < -0.3 is 15.8 Å². The Hall–Kier alpha value is -0.430. The van der Waals surface area contributed by atoms with E-state index in [2.05, 4.69) is 21.2 Å². The van der Waals surface area contributed by atoms with E-state index >= 15 is 0 Å². The first-order valence-electron chi connectivity index (χ1n) is 6.16. The van der Waals surface area contributed by atoms with Crippen molar-refractivity contribution in [1.29, 1.82) is 0 Å². The third kappa shape index (κ3) is 5.16. The van der Waals surface area contributed by atoms with Crippen LogP contribution in [-0.4, -0.2) is 30.6 Å². The average molecular weight is 382 g/mol. The predicted molar refractivity (Wildman–Crippen MR) is 89.9 cm³/mol. The molecule has 0 aliphatic carbocycles. The highest BCUT2D eigenvalue weighted by atomic mass is 79.9. The first-order chi connectivity index (χ1) is 9.49. The van der Waals surface area contributed by atoms with Gasteiger partial charge in [-0.2, -0.15) is 11.8 Å². The van der Waals surface area contributed by atoms with Gasteiger partial charge in [-0.3, -0.25) is 4.79 Å². The summed E-state index contributed by atoms with van der Waals surface area (Å²) in [5.74, 6) is 1.16. The number of amides is 1. The summed E-state index contributed by atoms with van der Waals surface area (Å²) < 4.78 is 6.21. The van der Waals surface area contributed by atoms with Gasteiger partial charge in [-0.25, -0.2) is 0 Å². The van der Waals surface area contributed by atoms with Crippen molar-refractivity contribution in [3.8, 4) is 5.75 Å². The lowest BCUT2D eigenvalue weighted by Crippen LogP contribution is -2.36. The van der Waals surface area contributed by atoms with Crippen molar-refractivity contribution >= 4 is 50.9 Å². The lowest BCUT2D eigenvalue weighted by molar-refractivity contribution is -0.117. The first kappa shape index (κ1) is 17.6. The molecule has 0 aliphatic rings. The van der Waals surface area contributed by atoms with Crippen LogP contribution in [-0.2, 0) is 4.79 Å². The van der Waals surface area contributed by atoms with Crippen LogP contribution in [0.4, 0.5) is 5.69 Å². The molecule has 0 aliphatic heterocycles. The fraction of sp³-hybridized carbons (Fsp3) is 0.462. The predicted octanol–water partition coefficient (Wildman–Crippen LogP) is 3.52. The van der Waals surface area contributed by atoms with Gasteiger partial charge in [-0.15, -0.1) is 0 Å². The number of hydrogen-bond donors (Lipinski definition) is 2. The molecule has 0 saturated heterocycles. The molecule has 20 heavy (non-hydrogen) atoms. The van der Waals surface area contributed by atoms with Crippen LogP contribution < -0.4 is 15.8 Å². The third-order valence-electron chi connectivity index (χ3n) is 2.52. The van der Waals surface area contributed by atoms with Crippen LogP contribution in [0.1, 0.15) is 13.3 Å². The molecule has 7 heteroatoms. The van der Waals surface area contributed by atoms with Crippen LogP contribution in [0.15, 0.2) is 16.6 Å². The smallest absolute Gasteiger partial charge is 0.241 e. The van der Waals surface area contributed by atoms with E-state index < -0.39 is 6.04 Å². The maximum atomic E-state index is 12.0. The number of carbonyl (C=O) groups is 1. The highest BCUT2D eigenvalue weighted by Gasteiger charge is 2.17. The summed E-state index contributed by atoms with van der Waals surface area (Å²) in [6, 6.07) is 2.82. The van der Waals surface area contributed by atoms with E-state index in [4.69, 9.17) is 22.1 Å². The van der Waals surface area contributed by atoms with Gasteiger partial charge in [0.15, 0.2) is 5.75 Å². The number of ether oxygens (including phenoxy) is 1. The topological polar surface area (TPSA) is 64.3 Å². The van der Waals surface area contributed by atoms with Crippen LogP contribution in [0.5, 0.6) is 5.75 Å². The van der Waals surface area contributed by atoms with E-state index in [9.17, 15) is 4.79 Å². The van der Waals surface area contributed by atoms with Gasteiger partial charge in [-0.1, -0.05) is 11.6 Å². The zero-order valence-electron chi connectivity index (χ0n) is 11.4. The molecule has 112 valence electrons. The molecule has 0 aromatic heterocycles. The summed E-state index contributed by atoms with van der Waals surface area (Å²) in [5, 5.41) is 3.28. The number of carbonyl (C=O) groups excluding carboxylic acids is 1. The van der Waals surface area contributed by atoms with Crippen molar-refractivity contribution in [3.05, 3.63) is 21.6 Å². The largest absolute Gasteiger partial charge is 0.491 e. The maximum absolute atomic E-state index is 12.0. The Kier molecular flexibility index (Phi) is 7.72. The van der Waals surface area contributed by atoms with Gasteiger partial charge in [-0.05, 0) is 53.4 Å². The summed E-state index contributed by atoms with van der Waals surface area (Å²) in [6.45, 7) is 2.36. The Morgan fingerprint density at radius 2 is 2.30 bits per heavy atom. The Morgan fingerprint density at radius 1 is 1.60 bits per heavy atom. The molecule has 0 heterocycles. The van der Waals surface area contributed by atoms with Crippen molar-refractivity contribution in [2.45, 2.75) is 19.4 Å². The van der Waals surface area contributed by atoms with Crippen LogP contribution in [0.25, 0.3) is 0 Å². The highest BCUT2D eigenvalue weighted by Crippen LogP contribution is 2.36. The second kappa shape index (κ2) is 8.77. The average Bonchev–Trinajstić information content (AvgIpc) is 2.39. The summed E-state index contributed by atoms with van der Waals surface area (Å²) in [7, 11) is 0. The van der Waals surface area contributed by atoms with Gasteiger partial charge >= 0.3 is 0 Å². The van der Waals surface area contributed by atoms with Crippen LogP contribution in [0.3, 0.4) is 0 Å². The van der Waals surface area contributed by atoms with Crippen LogP contribution >= 0.6 is 39.3 Å². The van der Waals surface area contributed by atoms with Gasteiger partial charge in [0.1, 0.15) is 0 Å². The van der Waals surface area contributed by atoms with E-state index in [-0.39, 0.29) is 5.91 Å². The number of nitrogens with two attached hydrogens (primary N) is 1. The van der Waals surface area contributed by atoms with Gasteiger partial charge in [0.05, 0.1) is 22.8 Å². The zero-order valence-corrected chi connectivity index (χ0v) is 14.6. The van der Waals surface area contributed by atoms with E-state index in [0.717, 1.165) is 5.75 Å². The van der Waals surface area contributed by atoms with E-state index in [1.807, 2.05) is 13.2 Å². The number of thioether (sulfide) groups is 1. The molecule has 1 aromatic rings. The minimum absolute atomic E-state index is 0.242. The van der Waals surface area contributed by atoms with Gasteiger partial charge in [0, 0.05) is 5.02 Å². The molecule has 0 unspecified atom stereocenters. The maximum Gasteiger partial charge on any atom is 0.241 e. The van der Waals surface area contributed by atoms with Crippen LogP contribution in [0.2, 0.25) is 5.02 Å².